The molecule has 7 rings (SSSR count). The number of ether oxygens (including phenoxy) is 2. The zero-order valence-corrected chi connectivity index (χ0v) is 24.8. The predicted octanol–water partition coefficient (Wildman–Crippen LogP) is 5.09. The first-order valence-electron chi connectivity index (χ1n) is 14.4. The number of rotatable bonds is 7. The summed E-state index contributed by atoms with van der Waals surface area (Å²) in [7, 11) is -4.00. The second-order valence-corrected chi connectivity index (χ2v) is 12.8. The number of hydrogen-bond acceptors (Lipinski definition) is 8. The normalized spacial score (nSPS) is 16.7. The van der Waals surface area contributed by atoms with Crippen molar-refractivity contribution in [2.24, 2.45) is 5.41 Å². The van der Waals surface area contributed by atoms with Gasteiger partial charge in [0.2, 0.25) is 0 Å². The second kappa shape index (κ2) is 12.3. The number of anilines is 1. The third-order valence-corrected chi connectivity index (χ3v) is 8.57. The number of aromatic nitrogens is 3. The van der Waals surface area contributed by atoms with Crippen molar-refractivity contribution in [2.75, 3.05) is 38.2 Å². The molecule has 2 fully saturated rings. The third-order valence-electron chi connectivity index (χ3n) is 7.70. The summed E-state index contributed by atoms with van der Waals surface area (Å²) in [6.45, 7) is 6.46. The molecule has 0 spiro atoms. The van der Waals surface area contributed by atoms with Crippen LogP contribution in [0.25, 0.3) is 27.8 Å². The molecule has 0 atom stereocenters. The van der Waals surface area contributed by atoms with Crippen LogP contribution >= 0.6 is 0 Å². The van der Waals surface area contributed by atoms with Crippen LogP contribution in [0.5, 0.6) is 5.75 Å². The first-order chi connectivity index (χ1) is 20.8. The highest BCUT2D eigenvalue weighted by molar-refractivity contribution is 7.85. The largest absolute Gasteiger partial charge is 0.493 e. The highest BCUT2D eigenvalue weighted by Crippen LogP contribution is 2.30. The van der Waals surface area contributed by atoms with Gasteiger partial charge in [0.1, 0.15) is 17.9 Å². The van der Waals surface area contributed by atoms with Gasteiger partial charge >= 0.3 is 0 Å². The molecule has 0 amide bonds. The van der Waals surface area contributed by atoms with Crippen molar-refractivity contribution in [1.29, 1.82) is 0 Å². The summed E-state index contributed by atoms with van der Waals surface area (Å²) in [6, 6.07) is 24.5. The number of nitrogens with one attached hydrogen (secondary N) is 2. The van der Waals surface area contributed by atoms with Crippen LogP contribution in [-0.4, -0.2) is 66.5 Å². The number of imidazole rings is 1. The van der Waals surface area contributed by atoms with E-state index < -0.39 is 10.1 Å². The SMILES string of the molecule is CC1(COc2ccc3c(c2)ncn3-c2ccc3cccc(NC4CCNCC4)c3n2)COC1.O=S(=O)(O)c1ccccc1. The predicted molar refractivity (Wildman–Crippen MR) is 167 cm³/mol. The van der Waals surface area contributed by atoms with Gasteiger partial charge < -0.3 is 20.1 Å². The van der Waals surface area contributed by atoms with Crippen molar-refractivity contribution in [2.45, 2.75) is 30.7 Å². The number of pyridine rings is 1. The fourth-order valence-electron chi connectivity index (χ4n) is 5.22. The molecule has 0 bridgehead atoms. The summed E-state index contributed by atoms with van der Waals surface area (Å²) in [6.07, 6.45) is 4.09. The summed E-state index contributed by atoms with van der Waals surface area (Å²) in [4.78, 5) is 9.59. The molecule has 4 heterocycles. The average Bonchev–Trinajstić information content (AvgIpc) is 3.43. The van der Waals surface area contributed by atoms with E-state index in [4.69, 9.17) is 19.0 Å². The van der Waals surface area contributed by atoms with Crippen LogP contribution in [0.4, 0.5) is 5.69 Å². The maximum atomic E-state index is 10.4. The van der Waals surface area contributed by atoms with Crippen LogP contribution < -0.4 is 15.4 Å². The van der Waals surface area contributed by atoms with Gasteiger partial charge in [-0.2, -0.15) is 8.42 Å². The van der Waals surface area contributed by atoms with Crippen molar-refractivity contribution in [3.05, 3.63) is 85.2 Å². The molecule has 11 heteroatoms. The number of piperidine rings is 1. The Morgan fingerprint density at radius 2 is 1.84 bits per heavy atom. The smallest absolute Gasteiger partial charge is 0.294 e. The van der Waals surface area contributed by atoms with Crippen LogP contribution in [0.3, 0.4) is 0 Å². The Bertz CT molecular complexity index is 1820. The first-order valence-corrected chi connectivity index (χ1v) is 15.8. The molecule has 0 saturated carbocycles. The van der Waals surface area contributed by atoms with E-state index in [0.717, 1.165) is 78.3 Å². The molecule has 224 valence electrons. The quantitative estimate of drug-likeness (QED) is 0.219. The number of hydrogen-bond donors (Lipinski definition) is 3. The van der Waals surface area contributed by atoms with E-state index in [1.807, 2.05) is 23.0 Å². The standard InChI is InChI=1S/C26H29N5O2.C6H6O3S/c1-26(14-32-15-26)16-33-20-6-7-23-22(13-20)28-17-31(23)24-8-5-18-3-2-4-21(25(18)30-24)29-19-9-11-27-12-10-19;7-10(8,9)6-4-2-1-3-5-6/h2-8,13,17,19,27,29H,9-12,14-16H2,1H3;1-5H,(H,7,8,9). The monoisotopic (exact) mass is 601 g/mol. The molecule has 5 aromatic rings. The highest BCUT2D eigenvalue weighted by atomic mass is 32.2. The molecule has 2 aromatic heterocycles. The molecule has 2 saturated heterocycles. The molecule has 0 aliphatic carbocycles. The van der Waals surface area contributed by atoms with E-state index in [2.05, 4.69) is 58.9 Å². The van der Waals surface area contributed by atoms with Gasteiger partial charge in [-0.25, -0.2) is 9.97 Å². The lowest BCUT2D eigenvalue weighted by Gasteiger charge is -2.37. The molecule has 10 nitrogen and oxygen atoms in total. The molecule has 2 aliphatic heterocycles. The molecule has 2 aliphatic rings. The fourth-order valence-corrected chi connectivity index (χ4v) is 5.72. The zero-order valence-electron chi connectivity index (χ0n) is 23.9. The number of fused-ring (bicyclic) bond motifs is 2. The topological polar surface area (TPSA) is 128 Å². The molecular weight excluding hydrogens is 566 g/mol. The number of benzene rings is 3. The molecule has 0 unspecified atom stereocenters. The van der Waals surface area contributed by atoms with Gasteiger partial charge in [-0.15, -0.1) is 0 Å². The Balaban J connectivity index is 0.000000281. The van der Waals surface area contributed by atoms with Crippen LogP contribution in [0, 0.1) is 5.41 Å². The Morgan fingerprint density at radius 3 is 2.53 bits per heavy atom. The fraction of sp³-hybridized carbons (Fsp3) is 0.312. The summed E-state index contributed by atoms with van der Waals surface area (Å²) in [5, 5.41) is 8.28. The van der Waals surface area contributed by atoms with Crippen molar-refractivity contribution < 1.29 is 22.4 Å². The van der Waals surface area contributed by atoms with Gasteiger partial charge in [-0.1, -0.05) is 37.3 Å². The third kappa shape index (κ3) is 6.80. The van der Waals surface area contributed by atoms with E-state index in [1.54, 1.807) is 18.2 Å². The summed E-state index contributed by atoms with van der Waals surface area (Å²) < 4.78 is 42.6. The van der Waals surface area contributed by atoms with Crippen LogP contribution in [-0.2, 0) is 14.9 Å². The average molecular weight is 602 g/mol. The summed E-state index contributed by atoms with van der Waals surface area (Å²) in [5.41, 5.74) is 4.10. The molecule has 3 aromatic carbocycles. The van der Waals surface area contributed by atoms with Crippen molar-refractivity contribution in [3.63, 3.8) is 0 Å². The first kappa shape index (κ1) is 29.1. The van der Waals surface area contributed by atoms with Gasteiger partial charge in [-0.3, -0.25) is 9.12 Å². The minimum absolute atomic E-state index is 0.0741. The maximum absolute atomic E-state index is 10.4. The number of nitrogens with zero attached hydrogens (tertiary/aromatic N) is 3. The summed E-state index contributed by atoms with van der Waals surface area (Å²) >= 11 is 0. The Hall–Kier alpha value is -4.03. The van der Waals surface area contributed by atoms with Crippen molar-refractivity contribution in [1.82, 2.24) is 19.9 Å². The van der Waals surface area contributed by atoms with Crippen LogP contribution in [0.2, 0.25) is 0 Å². The molecule has 0 radical (unpaired) electrons. The van der Waals surface area contributed by atoms with Crippen molar-refractivity contribution in [3.8, 4) is 11.6 Å². The molecular formula is C32H35N5O5S. The minimum atomic E-state index is -4.00. The molecule has 43 heavy (non-hydrogen) atoms. The van der Waals surface area contributed by atoms with Gasteiger partial charge in [0.05, 0.1) is 47.0 Å². The Labute approximate surface area is 250 Å². The Morgan fingerprint density at radius 1 is 1.05 bits per heavy atom. The number of para-hydroxylation sites is 1. The summed E-state index contributed by atoms with van der Waals surface area (Å²) in [5.74, 6) is 1.69. The van der Waals surface area contributed by atoms with Gasteiger partial charge in [0.15, 0.2) is 0 Å². The lowest BCUT2D eigenvalue weighted by atomic mass is 9.90. The zero-order chi connectivity index (χ0) is 29.9. The molecule has 3 N–H and O–H groups in total. The van der Waals surface area contributed by atoms with Crippen LogP contribution in [0.15, 0.2) is 90.1 Å². The van der Waals surface area contributed by atoms with E-state index in [9.17, 15) is 8.42 Å². The van der Waals surface area contributed by atoms with E-state index in [-0.39, 0.29) is 10.3 Å². The van der Waals surface area contributed by atoms with Crippen molar-refractivity contribution >= 4 is 37.7 Å². The van der Waals surface area contributed by atoms with E-state index in [1.165, 1.54) is 12.1 Å². The van der Waals surface area contributed by atoms with E-state index >= 15 is 0 Å². The minimum Gasteiger partial charge on any atom is -0.493 e. The van der Waals surface area contributed by atoms with Gasteiger partial charge in [0, 0.05) is 22.9 Å². The van der Waals surface area contributed by atoms with Gasteiger partial charge in [0.25, 0.3) is 10.1 Å². The van der Waals surface area contributed by atoms with Gasteiger partial charge in [-0.05, 0) is 68.4 Å². The highest BCUT2D eigenvalue weighted by Gasteiger charge is 2.34. The Kier molecular flexibility index (Phi) is 8.31. The van der Waals surface area contributed by atoms with E-state index in [0.29, 0.717) is 12.6 Å². The van der Waals surface area contributed by atoms with Crippen LogP contribution in [0.1, 0.15) is 19.8 Å². The lowest BCUT2D eigenvalue weighted by molar-refractivity contribution is -0.120. The lowest BCUT2D eigenvalue weighted by Crippen LogP contribution is -2.44. The maximum Gasteiger partial charge on any atom is 0.294 e. The second-order valence-electron chi connectivity index (χ2n) is 11.4.